The minimum absolute atomic E-state index is 0.0921. The minimum Gasteiger partial charge on any atom is -0.394 e. The maximum atomic E-state index is 9.50. The molecule has 2 nitrogen and oxygen atoms in total. The van der Waals surface area contributed by atoms with Crippen LogP contribution in [0.1, 0.15) is 50.1 Å². The monoisotopic (exact) mass is 247 g/mol. The molecule has 1 aromatic rings. The molecule has 1 aliphatic rings. The SMILES string of the molecule is OCC(NCC1CCCCCC1)c1ccccc1. The van der Waals surface area contributed by atoms with Gasteiger partial charge in [0, 0.05) is 0 Å². The Morgan fingerprint density at radius 3 is 2.33 bits per heavy atom. The van der Waals surface area contributed by atoms with Gasteiger partial charge in [0.15, 0.2) is 0 Å². The molecule has 1 aromatic carbocycles. The van der Waals surface area contributed by atoms with Crippen LogP contribution in [0.4, 0.5) is 0 Å². The van der Waals surface area contributed by atoms with Crippen molar-refractivity contribution >= 4 is 0 Å². The van der Waals surface area contributed by atoms with Crippen LogP contribution in [0.2, 0.25) is 0 Å². The van der Waals surface area contributed by atoms with E-state index in [0.29, 0.717) is 0 Å². The smallest absolute Gasteiger partial charge is 0.0626 e. The molecule has 2 heteroatoms. The highest BCUT2D eigenvalue weighted by Gasteiger charge is 2.15. The van der Waals surface area contributed by atoms with E-state index >= 15 is 0 Å². The highest BCUT2D eigenvalue weighted by atomic mass is 16.3. The fourth-order valence-corrected chi connectivity index (χ4v) is 2.85. The normalized spacial score (nSPS) is 19.4. The van der Waals surface area contributed by atoms with Crippen LogP contribution in [0.15, 0.2) is 30.3 Å². The fraction of sp³-hybridized carbons (Fsp3) is 0.625. The topological polar surface area (TPSA) is 32.3 Å². The third-order valence-electron chi connectivity index (χ3n) is 4.01. The Labute approximate surface area is 110 Å². The molecule has 0 aromatic heterocycles. The Morgan fingerprint density at radius 2 is 1.72 bits per heavy atom. The van der Waals surface area contributed by atoms with Crippen LogP contribution in [-0.2, 0) is 0 Å². The number of aliphatic hydroxyl groups is 1. The molecule has 1 aliphatic carbocycles. The van der Waals surface area contributed by atoms with Crippen molar-refractivity contribution in [1.29, 1.82) is 0 Å². The highest BCUT2D eigenvalue weighted by Crippen LogP contribution is 2.23. The molecule has 0 aliphatic heterocycles. The summed E-state index contributed by atoms with van der Waals surface area (Å²) in [6.07, 6.45) is 8.25. The first-order valence-electron chi connectivity index (χ1n) is 7.29. The number of nitrogens with one attached hydrogen (secondary N) is 1. The molecule has 1 saturated carbocycles. The summed E-state index contributed by atoms with van der Waals surface area (Å²) < 4.78 is 0. The molecule has 100 valence electrons. The third-order valence-corrected chi connectivity index (χ3v) is 4.01. The van der Waals surface area contributed by atoms with Gasteiger partial charge in [0.25, 0.3) is 0 Å². The van der Waals surface area contributed by atoms with Gasteiger partial charge in [-0.3, -0.25) is 0 Å². The van der Waals surface area contributed by atoms with E-state index in [-0.39, 0.29) is 12.6 Å². The second-order valence-electron chi connectivity index (χ2n) is 5.41. The molecular formula is C16H25NO. The largest absolute Gasteiger partial charge is 0.394 e. The van der Waals surface area contributed by atoms with Crippen LogP contribution in [0.5, 0.6) is 0 Å². The van der Waals surface area contributed by atoms with Crippen molar-refractivity contribution < 1.29 is 5.11 Å². The number of hydrogen-bond donors (Lipinski definition) is 2. The zero-order valence-corrected chi connectivity index (χ0v) is 11.1. The summed E-state index contributed by atoms with van der Waals surface area (Å²) in [6, 6.07) is 10.3. The maximum Gasteiger partial charge on any atom is 0.0626 e. The van der Waals surface area contributed by atoms with Gasteiger partial charge in [0.1, 0.15) is 0 Å². The number of benzene rings is 1. The van der Waals surface area contributed by atoms with Gasteiger partial charge in [0.2, 0.25) is 0 Å². The van der Waals surface area contributed by atoms with Crippen LogP contribution in [0.3, 0.4) is 0 Å². The molecule has 2 rings (SSSR count). The maximum absolute atomic E-state index is 9.50. The van der Waals surface area contributed by atoms with E-state index in [1.165, 1.54) is 44.1 Å². The van der Waals surface area contributed by atoms with Gasteiger partial charge < -0.3 is 10.4 Å². The molecule has 0 radical (unpaired) electrons. The van der Waals surface area contributed by atoms with Crippen LogP contribution in [-0.4, -0.2) is 18.3 Å². The summed E-state index contributed by atoms with van der Waals surface area (Å²) in [5.74, 6) is 0.797. The van der Waals surface area contributed by atoms with Gasteiger partial charge in [-0.15, -0.1) is 0 Å². The van der Waals surface area contributed by atoms with Gasteiger partial charge in [-0.05, 0) is 30.9 Å². The lowest BCUT2D eigenvalue weighted by atomic mass is 9.99. The van der Waals surface area contributed by atoms with Crippen molar-refractivity contribution in [3.63, 3.8) is 0 Å². The Balaban J connectivity index is 1.83. The fourth-order valence-electron chi connectivity index (χ4n) is 2.85. The first-order valence-corrected chi connectivity index (χ1v) is 7.29. The summed E-state index contributed by atoms with van der Waals surface area (Å²) in [4.78, 5) is 0. The molecule has 1 atom stereocenters. The first-order chi connectivity index (χ1) is 8.90. The zero-order valence-electron chi connectivity index (χ0n) is 11.1. The van der Waals surface area contributed by atoms with E-state index < -0.39 is 0 Å². The predicted octanol–water partition coefficient (Wildman–Crippen LogP) is 3.28. The van der Waals surface area contributed by atoms with Gasteiger partial charge >= 0.3 is 0 Å². The molecule has 1 unspecified atom stereocenters. The second kappa shape index (κ2) is 7.55. The zero-order chi connectivity index (χ0) is 12.6. The Hall–Kier alpha value is -0.860. The van der Waals surface area contributed by atoms with Crippen LogP contribution >= 0.6 is 0 Å². The number of rotatable bonds is 5. The van der Waals surface area contributed by atoms with Crippen molar-refractivity contribution in [3.8, 4) is 0 Å². The summed E-state index contributed by atoms with van der Waals surface area (Å²) >= 11 is 0. The van der Waals surface area contributed by atoms with E-state index in [1.54, 1.807) is 0 Å². The number of aliphatic hydroxyl groups excluding tert-OH is 1. The summed E-state index contributed by atoms with van der Waals surface area (Å²) in [6.45, 7) is 1.22. The van der Waals surface area contributed by atoms with Crippen LogP contribution in [0.25, 0.3) is 0 Å². The van der Waals surface area contributed by atoms with E-state index in [2.05, 4.69) is 17.4 Å². The highest BCUT2D eigenvalue weighted by molar-refractivity contribution is 5.18. The molecule has 0 spiro atoms. The predicted molar refractivity (Wildman–Crippen MR) is 75.5 cm³/mol. The van der Waals surface area contributed by atoms with E-state index in [1.807, 2.05) is 18.2 Å². The van der Waals surface area contributed by atoms with Crippen molar-refractivity contribution in [3.05, 3.63) is 35.9 Å². The molecule has 18 heavy (non-hydrogen) atoms. The molecule has 0 amide bonds. The Bertz CT molecular complexity index is 317. The van der Waals surface area contributed by atoms with E-state index in [4.69, 9.17) is 0 Å². The average Bonchev–Trinajstić information content (AvgIpc) is 2.69. The Morgan fingerprint density at radius 1 is 1.06 bits per heavy atom. The van der Waals surface area contributed by atoms with Crippen molar-refractivity contribution in [2.75, 3.05) is 13.2 Å². The average molecular weight is 247 g/mol. The molecule has 1 fully saturated rings. The quantitative estimate of drug-likeness (QED) is 0.783. The lowest BCUT2D eigenvalue weighted by Crippen LogP contribution is -2.29. The molecule has 0 bridgehead atoms. The van der Waals surface area contributed by atoms with Gasteiger partial charge in [-0.2, -0.15) is 0 Å². The number of hydrogen-bond acceptors (Lipinski definition) is 2. The molecular weight excluding hydrogens is 222 g/mol. The lowest BCUT2D eigenvalue weighted by molar-refractivity contribution is 0.236. The van der Waals surface area contributed by atoms with Crippen molar-refractivity contribution in [1.82, 2.24) is 5.32 Å². The van der Waals surface area contributed by atoms with E-state index in [0.717, 1.165) is 12.5 Å². The van der Waals surface area contributed by atoms with Crippen molar-refractivity contribution in [2.24, 2.45) is 5.92 Å². The van der Waals surface area contributed by atoms with Crippen LogP contribution < -0.4 is 5.32 Å². The van der Waals surface area contributed by atoms with E-state index in [9.17, 15) is 5.11 Å². The van der Waals surface area contributed by atoms with Crippen molar-refractivity contribution in [2.45, 2.75) is 44.6 Å². The lowest BCUT2D eigenvalue weighted by Gasteiger charge is -2.21. The van der Waals surface area contributed by atoms with Gasteiger partial charge in [-0.25, -0.2) is 0 Å². The first kappa shape index (κ1) is 13.6. The molecule has 0 saturated heterocycles. The third kappa shape index (κ3) is 4.11. The summed E-state index contributed by atoms with van der Waals surface area (Å²) in [5, 5.41) is 13.0. The second-order valence-corrected chi connectivity index (χ2v) is 5.41. The van der Waals surface area contributed by atoms with Gasteiger partial charge in [0.05, 0.1) is 12.6 Å². The summed E-state index contributed by atoms with van der Waals surface area (Å²) in [5.41, 5.74) is 1.19. The Kier molecular flexibility index (Phi) is 5.69. The van der Waals surface area contributed by atoms with Gasteiger partial charge in [-0.1, -0.05) is 56.0 Å². The van der Waals surface area contributed by atoms with Crippen LogP contribution in [0, 0.1) is 5.92 Å². The minimum atomic E-state index is 0.0921. The summed E-state index contributed by atoms with van der Waals surface area (Å²) in [7, 11) is 0. The molecule has 2 N–H and O–H groups in total. The molecule has 0 heterocycles. The standard InChI is InChI=1S/C16H25NO/c18-13-16(15-10-6-3-7-11-15)17-12-14-8-4-1-2-5-9-14/h3,6-7,10-11,14,16-18H,1-2,4-5,8-9,12-13H2.